The molecule has 8 heteroatoms. The summed E-state index contributed by atoms with van der Waals surface area (Å²) in [6.07, 6.45) is 0.574. The molecule has 1 aromatic rings. The average Bonchev–Trinajstić information content (AvgIpc) is 2.95. The number of nitrogens with one attached hydrogen (secondary N) is 1. The molecule has 1 unspecified atom stereocenters. The van der Waals surface area contributed by atoms with Gasteiger partial charge in [-0.05, 0) is 24.6 Å². The third-order valence-corrected chi connectivity index (χ3v) is 5.41. The van der Waals surface area contributed by atoms with Crippen molar-refractivity contribution in [2.45, 2.75) is 23.8 Å². The fraction of sp³-hybridized carbons (Fsp3) is 0.571. The molecule has 0 bridgehead atoms. The Morgan fingerprint density at radius 2 is 2.27 bits per heavy atom. The summed E-state index contributed by atoms with van der Waals surface area (Å²) in [5, 5.41) is 9.29. The van der Waals surface area contributed by atoms with E-state index < -0.39 is 15.6 Å². The largest absolute Gasteiger partial charge is 0.394 e. The fourth-order valence-electron chi connectivity index (χ4n) is 2.21. The van der Waals surface area contributed by atoms with Crippen LogP contribution in [0, 0.1) is 6.92 Å². The van der Waals surface area contributed by atoms with Crippen LogP contribution in [0.1, 0.15) is 12.0 Å². The van der Waals surface area contributed by atoms with Crippen molar-refractivity contribution in [3.63, 3.8) is 0 Å². The Hall–Kier alpha value is -0.700. The first-order valence-electron chi connectivity index (χ1n) is 6.97. The molecule has 22 heavy (non-hydrogen) atoms. The highest BCUT2D eigenvalue weighted by Crippen LogP contribution is 2.24. The van der Waals surface area contributed by atoms with Gasteiger partial charge < -0.3 is 14.6 Å². The SMILES string of the molecule is Cc1ccc(S(=O)(=O)NCC2(OCCO)CCOC2)cc1Cl. The summed E-state index contributed by atoms with van der Waals surface area (Å²) in [7, 11) is -3.68. The molecule has 0 aliphatic carbocycles. The second-order valence-corrected chi connectivity index (χ2v) is 7.47. The number of aliphatic hydroxyl groups excluding tert-OH is 1. The quantitative estimate of drug-likeness (QED) is 0.770. The van der Waals surface area contributed by atoms with Gasteiger partial charge in [0.1, 0.15) is 5.60 Å². The van der Waals surface area contributed by atoms with Gasteiger partial charge in [0, 0.05) is 24.6 Å². The van der Waals surface area contributed by atoms with Crippen molar-refractivity contribution in [1.29, 1.82) is 0 Å². The van der Waals surface area contributed by atoms with Gasteiger partial charge in [-0.2, -0.15) is 0 Å². The third kappa shape index (κ3) is 4.18. The molecule has 2 N–H and O–H groups in total. The van der Waals surface area contributed by atoms with Crippen LogP contribution in [0.15, 0.2) is 23.1 Å². The van der Waals surface area contributed by atoms with Crippen LogP contribution in [-0.2, 0) is 19.5 Å². The Bertz CT molecular complexity index is 614. The van der Waals surface area contributed by atoms with Crippen LogP contribution in [0.3, 0.4) is 0 Å². The first-order valence-corrected chi connectivity index (χ1v) is 8.83. The topological polar surface area (TPSA) is 84.9 Å². The number of benzene rings is 1. The van der Waals surface area contributed by atoms with Crippen molar-refractivity contribution in [3.05, 3.63) is 28.8 Å². The Kier molecular flexibility index (Phi) is 5.81. The summed E-state index contributed by atoms with van der Waals surface area (Å²) >= 11 is 5.98. The minimum absolute atomic E-state index is 0.0842. The van der Waals surface area contributed by atoms with Crippen LogP contribution in [0.2, 0.25) is 5.02 Å². The van der Waals surface area contributed by atoms with Crippen LogP contribution >= 0.6 is 11.6 Å². The van der Waals surface area contributed by atoms with Crippen molar-refractivity contribution in [3.8, 4) is 0 Å². The van der Waals surface area contributed by atoms with Gasteiger partial charge >= 0.3 is 0 Å². The van der Waals surface area contributed by atoms with Crippen molar-refractivity contribution >= 4 is 21.6 Å². The summed E-state index contributed by atoms with van der Waals surface area (Å²) < 4.78 is 38.1. The van der Waals surface area contributed by atoms with Crippen LogP contribution in [0.25, 0.3) is 0 Å². The molecule has 1 heterocycles. The molecule has 6 nitrogen and oxygen atoms in total. The smallest absolute Gasteiger partial charge is 0.240 e. The first-order chi connectivity index (χ1) is 10.4. The predicted octanol–water partition coefficient (Wildman–Crippen LogP) is 1.09. The number of ether oxygens (including phenoxy) is 2. The Morgan fingerprint density at radius 1 is 1.50 bits per heavy atom. The van der Waals surface area contributed by atoms with Gasteiger partial charge in [0.2, 0.25) is 10.0 Å². The second kappa shape index (κ2) is 7.25. The molecule has 124 valence electrons. The summed E-state index contributed by atoms with van der Waals surface area (Å²) in [4.78, 5) is 0.110. The molecule has 0 spiro atoms. The zero-order valence-electron chi connectivity index (χ0n) is 12.3. The maximum atomic E-state index is 12.4. The van der Waals surface area contributed by atoms with Gasteiger partial charge in [-0.1, -0.05) is 17.7 Å². The number of sulfonamides is 1. The standard InChI is InChI=1S/C14H20ClNO5S/c1-11-2-3-12(8-13(11)15)22(18,19)16-9-14(21-7-5-17)4-6-20-10-14/h2-3,8,16-17H,4-7,9-10H2,1H3. The molecule has 1 saturated heterocycles. The lowest BCUT2D eigenvalue weighted by molar-refractivity contribution is -0.0566. The van der Waals surface area contributed by atoms with E-state index in [2.05, 4.69) is 4.72 Å². The number of halogens is 1. The van der Waals surface area contributed by atoms with Crippen LogP contribution < -0.4 is 4.72 Å². The summed E-state index contributed by atoms with van der Waals surface area (Å²) in [5.74, 6) is 0. The molecular weight excluding hydrogens is 330 g/mol. The van der Waals surface area contributed by atoms with E-state index in [1.165, 1.54) is 12.1 Å². The van der Waals surface area contributed by atoms with E-state index in [-0.39, 0.29) is 24.7 Å². The lowest BCUT2D eigenvalue weighted by atomic mass is 10.0. The van der Waals surface area contributed by atoms with Crippen LogP contribution in [0.4, 0.5) is 0 Å². The van der Waals surface area contributed by atoms with Crippen molar-refractivity contribution < 1.29 is 23.0 Å². The molecule has 1 fully saturated rings. The molecule has 0 saturated carbocycles. The number of hydrogen-bond acceptors (Lipinski definition) is 5. The maximum Gasteiger partial charge on any atom is 0.240 e. The average molecular weight is 350 g/mol. The van der Waals surface area contributed by atoms with E-state index >= 15 is 0 Å². The predicted molar refractivity (Wildman–Crippen MR) is 82.6 cm³/mol. The highest BCUT2D eigenvalue weighted by molar-refractivity contribution is 7.89. The van der Waals surface area contributed by atoms with Gasteiger partial charge in [-0.15, -0.1) is 0 Å². The molecular formula is C14H20ClNO5S. The van der Waals surface area contributed by atoms with Gasteiger partial charge in [0.25, 0.3) is 0 Å². The second-order valence-electron chi connectivity index (χ2n) is 5.29. The van der Waals surface area contributed by atoms with Gasteiger partial charge in [0.15, 0.2) is 0 Å². The van der Waals surface area contributed by atoms with Crippen molar-refractivity contribution in [2.75, 3.05) is 33.0 Å². The van der Waals surface area contributed by atoms with Gasteiger partial charge in [0.05, 0.1) is 24.7 Å². The first kappa shape index (κ1) is 17.7. The van der Waals surface area contributed by atoms with Crippen LogP contribution in [-0.4, -0.2) is 52.1 Å². The Balaban J connectivity index is 2.09. The summed E-state index contributed by atoms with van der Waals surface area (Å²) in [5.41, 5.74) is 0.0807. The van der Waals surface area contributed by atoms with E-state index in [1.54, 1.807) is 13.0 Å². The highest BCUT2D eigenvalue weighted by atomic mass is 35.5. The Morgan fingerprint density at radius 3 is 2.86 bits per heavy atom. The molecule has 2 rings (SSSR count). The van der Waals surface area contributed by atoms with E-state index in [0.717, 1.165) is 5.56 Å². The molecule has 1 atom stereocenters. The highest BCUT2D eigenvalue weighted by Gasteiger charge is 2.37. The van der Waals surface area contributed by atoms with Gasteiger partial charge in [-0.3, -0.25) is 0 Å². The molecule has 0 radical (unpaired) electrons. The minimum atomic E-state index is -3.68. The van der Waals surface area contributed by atoms with E-state index in [1.807, 2.05) is 0 Å². The molecule has 1 aliphatic rings. The maximum absolute atomic E-state index is 12.4. The number of aryl methyl sites for hydroxylation is 1. The summed E-state index contributed by atoms with van der Waals surface area (Å²) in [6.45, 7) is 2.71. The van der Waals surface area contributed by atoms with E-state index in [4.69, 9.17) is 26.2 Å². The van der Waals surface area contributed by atoms with E-state index in [9.17, 15) is 8.42 Å². The number of rotatable bonds is 7. The molecule has 1 aromatic carbocycles. The third-order valence-electron chi connectivity index (χ3n) is 3.60. The lowest BCUT2D eigenvalue weighted by Crippen LogP contribution is -2.46. The lowest BCUT2D eigenvalue weighted by Gasteiger charge is -2.27. The zero-order chi connectivity index (χ0) is 16.2. The molecule has 1 aliphatic heterocycles. The fourth-order valence-corrected chi connectivity index (χ4v) is 3.59. The normalized spacial score (nSPS) is 22.1. The summed E-state index contributed by atoms with van der Waals surface area (Å²) in [6, 6.07) is 4.59. The van der Waals surface area contributed by atoms with Crippen LogP contribution in [0.5, 0.6) is 0 Å². The zero-order valence-corrected chi connectivity index (χ0v) is 13.9. The minimum Gasteiger partial charge on any atom is -0.394 e. The monoisotopic (exact) mass is 349 g/mol. The number of hydrogen-bond donors (Lipinski definition) is 2. The van der Waals surface area contributed by atoms with E-state index in [0.29, 0.717) is 24.7 Å². The van der Waals surface area contributed by atoms with Gasteiger partial charge in [-0.25, -0.2) is 13.1 Å². The molecule has 0 amide bonds. The number of aliphatic hydroxyl groups is 1. The Labute approximate surface area is 135 Å². The molecule has 0 aromatic heterocycles. The van der Waals surface area contributed by atoms with Crippen molar-refractivity contribution in [1.82, 2.24) is 4.72 Å². The van der Waals surface area contributed by atoms with Crippen molar-refractivity contribution in [2.24, 2.45) is 0 Å².